The molecule has 0 aliphatic carbocycles. The topological polar surface area (TPSA) is 0 Å². The SMILES string of the molecule is [F][Ge]([Cl])([Cl])[I]. The maximum atomic E-state index is 11.4. The molecule has 0 saturated heterocycles. The third-order valence-corrected chi connectivity index (χ3v) is 0. The summed E-state index contributed by atoms with van der Waals surface area (Å²) in [5, 5.41) is 0. The van der Waals surface area contributed by atoms with Crippen molar-refractivity contribution in [1.29, 1.82) is 0 Å². The van der Waals surface area contributed by atoms with Gasteiger partial charge in [0.2, 0.25) is 0 Å². The van der Waals surface area contributed by atoms with Crippen LogP contribution in [-0.2, 0) is 0 Å². The fourth-order valence-electron chi connectivity index (χ4n) is 0. The van der Waals surface area contributed by atoms with Crippen LogP contribution in [0.15, 0.2) is 0 Å². The first kappa shape index (κ1) is 6.78. The Morgan fingerprint density at radius 2 is 1.60 bits per heavy atom. The van der Waals surface area contributed by atoms with Crippen LogP contribution < -0.4 is 0 Å². The van der Waals surface area contributed by atoms with Crippen LogP contribution in [0.1, 0.15) is 0 Å². The van der Waals surface area contributed by atoms with E-state index >= 15 is 0 Å². The molecule has 0 aromatic rings. The Morgan fingerprint density at radius 1 is 1.60 bits per heavy atom. The van der Waals surface area contributed by atoms with Crippen LogP contribution in [0, 0.1) is 0 Å². The van der Waals surface area contributed by atoms with E-state index in [0.717, 1.165) is 0 Å². The summed E-state index contributed by atoms with van der Waals surface area (Å²) in [6, 6.07) is 0. The van der Waals surface area contributed by atoms with Gasteiger partial charge in [-0.2, -0.15) is 0 Å². The number of hydrogen-bond acceptors (Lipinski definition) is 0. The summed E-state index contributed by atoms with van der Waals surface area (Å²) in [7, 11) is 6.02. The van der Waals surface area contributed by atoms with Crippen LogP contribution in [0.2, 0.25) is 0 Å². The van der Waals surface area contributed by atoms with Crippen molar-refractivity contribution in [1.82, 2.24) is 0 Å². The van der Waals surface area contributed by atoms with Crippen LogP contribution >= 0.6 is 40.2 Å². The average molecular weight is 289 g/mol. The number of rotatable bonds is 0. The van der Waals surface area contributed by atoms with Crippen LogP contribution in [0.25, 0.3) is 0 Å². The molecule has 0 aromatic heterocycles. The van der Waals surface area contributed by atoms with Crippen molar-refractivity contribution >= 4 is 48.8 Å². The van der Waals surface area contributed by atoms with Crippen LogP contribution in [0.3, 0.4) is 0 Å². The standard InChI is InChI=1S/Cl2FGeI/c1-4(2,3)5. The molecule has 0 amide bonds. The quantitative estimate of drug-likeness (QED) is 0.474. The van der Waals surface area contributed by atoms with E-state index in [-0.39, 0.29) is 0 Å². The minimum atomic E-state index is -3.59. The van der Waals surface area contributed by atoms with Crippen LogP contribution in [0.5, 0.6) is 0 Å². The van der Waals surface area contributed by atoms with Gasteiger partial charge in [0.05, 0.1) is 0 Å². The monoisotopic (exact) mass is 290 g/mol. The summed E-state index contributed by atoms with van der Waals surface area (Å²) >= 11 is 1.43. The van der Waals surface area contributed by atoms with Crippen molar-refractivity contribution in [2.24, 2.45) is 0 Å². The molecule has 0 aromatic carbocycles. The summed E-state index contributed by atoms with van der Waals surface area (Å²) in [4.78, 5) is 0. The van der Waals surface area contributed by atoms with E-state index in [1.54, 1.807) is 0 Å². The van der Waals surface area contributed by atoms with E-state index in [1.807, 2.05) is 0 Å². The third kappa shape index (κ3) is 26.0. The molecule has 0 atom stereocenters. The first-order valence-corrected chi connectivity index (χ1v) is 13.5. The van der Waals surface area contributed by atoms with Crippen molar-refractivity contribution in [2.75, 3.05) is 0 Å². The zero-order valence-corrected chi connectivity index (χ0v) is 7.78. The average Bonchev–Trinajstić information content (AvgIpc) is 0.722. The van der Waals surface area contributed by atoms with Crippen molar-refractivity contribution in [3.05, 3.63) is 0 Å². The number of halogens is 4. The van der Waals surface area contributed by atoms with E-state index < -0.39 is 8.56 Å². The molecular formula is Cl2FGeI. The van der Waals surface area contributed by atoms with Gasteiger partial charge in [-0.05, 0) is 0 Å². The number of hydrogen-bond donors (Lipinski definition) is 0. The molecule has 0 aliphatic heterocycles. The molecule has 0 N–H and O–H groups in total. The minimum absolute atomic E-state index is 1.43. The fraction of sp³-hybridized carbons (Fsp3) is 0. The summed E-state index contributed by atoms with van der Waals surface area (Å²) in [6.45, 7) is 0. The Bertz CT molecular complexity index is 25.1. The molecule has 0 unspecified atom stereocenters. The molecule has 5 heteroatoms. The van der Waals surface area contributed by atoms with Gasteiger partial charge >= 0.3 is 52.3 Å². The second kappa shape index (κ2) is 2.18. The van der Waals surface area contributed by atoms with E-state index in [9.17, 15) is 3.50 Å². The molecule has 0 heterocycles. The summed E-state index contributed by atoms with van der Waals surface area (Å²) in [6.07, 6.45) is 0. The van der Waals surface area contributed by atoms with E-state index in [0.29, 0.717) is 0 Å². The zero-order valence-electron chi connectivity index (χ0n) is 2.01. The van der Waals surface area contributed by atoms with E-state index in [4.69, 9.17) is 20.0 Å². The van der Waals surface area contributed by atoms with Crippen LogP contribution in [0.4, 0.5) is 3.50 Å². The molecule has 0 saturated carbocycles. The summed E-state index contributed by atoms with van der Waals surface area (Å²) in [5.41, 5.74) is 0. The van der Waals surface area contributed by atoms with Gasteiger partial charge in [-0.15, -0.1) is 0 Å². The normalized spacial score (nSPS) is 12.0. The maximum absolute atomic E-state index is 11.4. The molecule has 32 valence electrons. The molecule has 0 rings (SSSR count). The second-order valence-corrected chi connectivity index (χ2v) is 23.0. The van der Waals surface area contributed by atoms with Gasteiger partial charge in [0.1, 0.15) is 0 Å². The predicted molar refractivity (Wildman–Crippen MR) is 32.6 cm³/mol. The van der Waals surface area contributed by atoms with E-state index in [2.05, 4.69) is 0 Å². The van der Waals surface area contributed by atoms with Gasteiger partial charge in [0.25, 0.3) is 0 Å². The van der Waals surface area contributed by atoms with Crippen molar-refractivity contribution in [2.45, 2.75) is 0 Å². The Hall–Kier alpha value is 1.78. The van der Waals surface area contributed by atoms with Crippen molar-refractivity contribution < 1.29 is 3.50 Å². The molecular weight excluding hydrogens is 289 g/mol. The van der Waals surface area contributed by atoms with Gasteiger partial charge in [-0.1, -0.05) is 0 Å². The molecule has 0 fully saturated rings. The van der Waals surface area contributed by atoms with Crippen LogP contribution in [-0.4, -0.2) is 8.56 Å². The first-order valence-electron chi connectivity index (χ1n) is 0.756. The first-order chi connectivity index (χ1) is 2.00. The summed E-state index contributed by atoms with van der Waals surface area (Å²) < 4.78 is 11.4. The van der Waals surface area contributed by atoms with Crippen molar-refractivity contribution in [3.63, 3.8) is 0 Å². The Morgan fingerprint density at radius 3 is 1.60 bits per heavy atom. The van der Waals surface area contributed by atoms with Gasteiger partial charge in [-0.3, -0.25) is 0 Å². The molecule has 0 spiro atoms. The van der Waals surface area contributed by atoms with Gasteiger partial charge in [0.15, 0.2) is 0 Å². The van der Waals surface area contributed by atoms with Gasteiger partial charge in [-0.25, -0.2) is 0 Å². The molecule has 0 radical (unpaired) electrons. The Labute approximate surface area is 51.9 Å². The van der Waals surface area contributed by atoms with Gasteiger partial charge in [0, 0.05) is 0 Å². The Kier molecular flexibility index (Phi) is 2.96. The third-order valence-electron chi connectivity index (χ3n) is 0. The van der Waals surface area contributed by atoms with Crippen molar-refractivity contribution in [3.8, 4) is 0 Å². The predicted octanol–water partition coefficient (Wildman–Crippen LogP) is 2.30. The molecule has 5 heavy (non-hydrogen) atoms. The molecule has 0 aliphatic rings. The van der Waals surface area contributed by atoms with E-state index in [1.165, 1.54) is 20.2 Å². The zero-order chi connectivity index (χ0) is 4.50. The second-order valence-electron chi connectivity index (χ2n) is 0.429. The molecule has 0 bridgehead atoms. The van der Waals surface area contributed by atoms with Gasteiger partial charge < -0.3 is 0 Å². The molecule has 0 nitrogen and oxygen atoms in total. The summed E-state index contributed by atoms with van der Waals surface area (Å²) in [5.74, 6) is 0. The Balaban J connectivity index is 3.02. The fourth-order valence-corrected chi connectivity index (χ4v) is 0.